The lowest BCUT2D eigenvalue weighted by Gasteiger charge is -2.34. The van der Waals surface area contributed by atoms with Gasteiger partial charge in [-0.3, -0.25) is 14.5 Å². The number of anilines is 1. The standard InChI is InChI=1S/C26H35N3O4/c1-18-15-28(3)19(2)17-33-23-14-21(27-25(30)13-20-9-7-6-8-10-20)11-12-22(23)26(31)29(4)16-24(18)32-5/h6-12,14,18-19,24H,13,15-17H2,1-5H3,(H,27,30)/t18-,19-,24-/m1/s1. The Kier molecular flexibility index (Phi) is 8.47. The van der Waals surface area contributed by atoms with Gasteiger partial charge in [0.05, 0.1) is 18.1 Å². The maximum atomic E-state index is 13.2. The van der Waals surface area contributed by atoms with Gasteiger partial charge in [-0.1, -0.05) is 37.3 Å². The minimum absolute atomic E-state index is 0.0751. The molecule has 0 aliphatic carbocycles. The highest BCUT2D eigenvalue weighted by Gasteiger charge is 2.27. The molecule has 3 atom stereocenters. The number of methoxy groups -OCH3 is 1. The Bertz CT molecular complexity index is 950. The van der Waals surface area contributed by atoms with Gasteiger partial charge in [-0.15, -0.1) is 0 Å². The van der Waals surface area contributed by atoms with Crippen molar-refractivity contribution >= 4 is 17.5 Å². The summed E-state index contributed by atoms with van der Waals surface area (Å²) in [6.45, 7) is 5.97. The van der Waals surface area contributed by atoms with Crippen LogP contribution in [-0.4, -0.2) is 74.7 Å². The van der Waals surface area contributed by atoms with Crippen LogP contribution in [0.1, 0.15) is 29.8 Å². The molecule has 0 saturated carbocycles. The zero-order valence-electron chi connectivity index (χ0n) is 20.2. The van der Waals surface area contributed by atoms with E-state index in [4.69, 9.17) is 9.47 Å². The first-order chi connectivity index (χ1) is 15.8. The first-order valence-electron chi connectivity index (χ1n) is 11.4. The van der Waals surface area contributed by atoms with Crippen LogP contribution in [0.4, 0.5) is 5.69 Å². The molecular formula is C26H35N3O4. The fraction of sp³-hybridized carbons (Fsp3) is 0.462. The third kappa shape index (κ3) is 6.55. The average molecular weight is 454 g/mol. The monoisotopic (exact) mass is 453 g/mol. The van der Waals surface area contributed by atoms with Gasteiger partial charge in [0.2, 0.25) is 5.91 Å². The molecule has 7 heteroatoms. The van der Waals surface area contributed by atoms with Crippen LogP contribution in [-0.2, 0) is 16.0 Å². The first kappa shape index (κ1) is 24.7. The number of hydrogen-bond donors (Lipinski definition) is 1. The topological polar surface area (TPSA) is 71.1 Å². The summed E-state index contributed by atoms with van der Waals surface area (Å²) in [6.07, 6.45) is 0.202. The molecule has 7 nitrogen and oxygen atoms in total. The van der Waals surface area contributed by atoms with E-state index in [1.54, 1.807) is 37.3 Å². The minimum Gasteiger partial charge on any atom is -0.491 e. The van der Waals surface area contributed by atoms with E-state index >= 15 is 0 Å². The summed E-state index contributed by atoms with van der Waals surface area (Å²) >= 11 is 0. The van der Waals surface area contributed by atoms with Gasteiger partial charge in [0, 0.05) is 45.0 Å². The lowest BCUT2D eigenvalue weighted by atomic mass is 10.0. The number of rotatable bonds is 4. The fourth-order valence-corrected chi connectivity index (χ4v) is 4.02. The van der Waals surface area contributed by atoms with E-state index in [2.05, 4.69) is 31.1 Å². The van der Waals surface area contributed by atoms with E-state index in [1.807, 2.05) is 30.3 Å². The number of nitrogens with one attached hydrogen (secondary N) is 1. The molecule has 3 rings (SSSR count). The predicted octanol–water partition coefficient (Wildman–Crippen LogP) is 3.30. The number of ether oxygens (including phenoxy) is 2. The van der Waals surface area contributed by atoms with Crippen molar-refractivity contribution in [3.63, 3.8) is 0 Å². The Morgan fingerprint density at radius 3 is 2.55 bits per heavy atom. The van der Waals surface area contributed by atoms with Crippen LogP contribution in [0.3, 0.4) is 0 Å². The Morgan fingerprint density at radius 2 is 1.85 bits per heavy atom. The van der Waals surface area contributed by atoms with Crippen molar-refractivity contribution in [3.05, 3.63) is 59.7 Å². The van der Waals surface area contributed by atoms with E-state index in [0.717, 1.165) is 12.1 Å². The van der Waals surface area contributed by atoms with Crippen LogP contribution < -0.4 is 10.1 Å². The quantitative estimate of drug-likeness (QED) is 0.769. The van der Waals surface area contributed by atoms with Gasteiger partial charge in [-0.25, -0.2) is 0 Å². The van der Waals surface area contributed by atoms with E-state index in [1.165, 1.54) is 0 Å². The van der Waals surface area contributed by atoms with E-state index < -0.39 is 0 Å². The molecule has 0 fully saturated rings. The van der Waals surface area contributed by atoms with Gasteiger partial charge in [0.25, 0.3) is 5.91 Å². The molecule has 0 radical (unpaired) electrons. The maximum Gasteiger partial charge on any atom is 0.257 e. The number of benzene rings is 2. The number of amides is 2. The van der Waals surface area contributed by atoms with Gasteiger partial charge < -0.3 is 19.7 Å². The van der Waals surface area contributed by atoms with Crippen LogP contribution >= 0.6 is 0 Å². The van der Waals surface area contributed by atoms with E-state index in [0.29, 0.717) is 30.2 Å². The predicted molar refractivity (Wildman–Crippen MR) is 130 cm³/mol. The Labute approximate surface area is 196 Å². The summed E-state index contributed by atoms with van der Waals surface area (Å²) in [6, 6.07) is 14.9. The number of fused-ring (bicyclic) bond motifs is 1. The number of nitrogens with zero attached hydrogens (tertiary/aromatic N) is 2. The van der Waals surface area contributed by atoms with Gasteiger partial charge >= 0.3 is 0 Å². The number of carbonyl (C=O) groups excluding carboxylic acids is 2. The molecule has 0 aromatic heterocycles. The molecule has 33 heavy (non-hydrogen) atoms. The Hall–Kier alpha value is -2.90. The zero-order valence-corrected chi connectivity index (χ0v) is 20.2. The highest BCUT2D eigenvalue weighted by Crippen LogP contribution is 2.26. The highest BCUT2D eigenvalue weighted by molar-refractivity contribution is 5.98. The zero-order chi connectivity index (χ0) is 24.0. The van der Waals surface area contributed by atoms with Gasteiger partial charge in [-0.2, -0.15) is 0 Å². The summed E-state index contributed by atoms with van der Waals surface area (Å²) in [7, 11) is 5.54. The molecule has 1 N–H and O–H groups in total. The van der Waals surface area contributed by atoms with Crippen molar-refractivity contribution in [2.45, 2.75) is 32.4 Å². The maximum absolute atomic E-state index is 13.2. The summed E-state index contributed by atoms with van der Waals surface area (Å²) in [5.41, 5.74) is 2.01. The normalized spacial score (nSPS) is 22.5. The third-order valence-electron chi connectivity index (χ3n) is 6.25. The molecule has 1 aliphatic rings. The fourth-order valence-electron chi connectivity index (χ4n) is 4.02. The van der Waals surface area contributed by atoms with E-state index in [9.17, 15) is 9.59 Å². The van der Waals surface area contributed by atoms with Crippen LogP contribution in [0, 0.1) is 5.92 Å². The highest BCUT2D eigenvalue weighted by atomic mass is 16.5. The number of hydrogen-bond acceptors (Lipinski definition) is 5. The van der Waals surface area contributed by atoms with Gasteiger partial charge in [0.1, 0.15) is 12.4 Å². The molecule has 2 aromatic rings. The summed E-state index contributed by atoms with van der Waals surface area (Å²) in [4.78, 5) is 29.7. The first-order valence-corrected chi connectivity index (χ1v) is 11.4. The summed E-state index contributed by atoms with van der Waals surface area (Å²) < 4.78 is 11.8. The van der Waals surface area contributed by atoms with Crippen LogP contribution in [0.25, 0.3) is 0 Å². The third-order valence-corrected chi connectivity index (χ3v) is 6.25. The molecule has 178 valence electrons. The van der Waals surface area contributed by atoms with E-state index in [-0.39, 0.29) is 36.3 Å². The SMILES string of the molecule is CO[C@@H]1CN(C)C(=O)c2ccc(NC(=O)Cc3ccccc3)cc2OC[C@@H](C)N(C)C[C@H]1C. The van der Waals surface area contributed by atoms with Crippen LogP contribution in [0.2, 0.25) is 0 Å². The van der Waals surface area contributed by atoms with Gasteiger partial charge in [-0.05, 0) is 37.6 Å². The average Bonchev–Trinajstić information content (AvgIpc) is 2.80. The Morgan fingerprint density at radius 1 is 1.12 bits per heavy atom. The minimum atomic E-state index is -0.136. The molecule has 2 amide bonds. The number of carbonyl (C=O) groups is 2. The second-order valence-electron chi connectivity index (χ2n) is 8.96. The van der Waals surface area contributed by atoms with Gasteiger partial charge in [0.15, 0.2) is 0 Å². The molecule has 0 unspecified atom stereocenters. The molecule has 1 heterocycles. The molecule has 2 aromatic carbocycles. The summed E-state index contributed by atoms with van der Waals surface area (Å²) in [5, 5.41) is 2.92. The largest absolute Gasteiger partial charge is 0.491 e. The molecule has 0 saturated heterocycles. The van der Waals surface area contributed by atoms with Crippen LogP contribution in [0.5, 0.6) is 5.75 Å². The van der Waals surface area contributed by atoms with Crippen molar-refractivity contribution in [1.29, 1.82) is 0 Å². The molecule has 1 aliphatic heterocycles. The number of likely N-dealkylation sites (N-methyl/N-ethyl adjacent to an activating group) is 2. The molecular weight excluding hydrogens is 418 g/mol. The van der Waals surface area contributed by atoms with Crippen molar-refractivity contribution in [3.8, 4) is 5.75 Å². The second-order valence-corrected chi connectivity index (χ2v) is 8.96. The lowest BCUT2D eigenvalue weighted by molar-refractivity contribution is -0.115. The lowest BCUT2D eigenvalue weighted by Crippen LogP contribution is -2.45. The van der Waals surface area contributed by atoms with Crippen molar-refractivity contribution in [2.24, 2.45) is 5.92 Å². The smallest absolute Gasteiger partial charge is 0.257 e. The molecule has 0 bridgehead atoms. The summed E-state index contributed by atoms with van der Waals surface area (Å²) in [5.74, 6) is 0.455. The van der Waals surface area contributed by atoms with Crippen LogP contribution in [0.15, 0.2) is 48.5 Å². The molecule has 0 spiro atoms. The van der Waals surface area contributed by atoms with Crippen molar-refractivity contribution < 1.29 is 19.1 Å². The Balaban J connectivity index is 1.84. The second kappa shape index (κ2) is 11.3. The van der Waals surface area contributed by atoms with Crippen molar-refractivity contribution in [2.75, 3.05) is 46.2 Å². The van der Waals surface area contributed by atoms with Crippen molar-refractivity contribution in [1.82, 2.24) is 9.80 Å².